The summed E-state index contributed by atoms with van der Waals surface area (Å²) in [6.07, 6.45) is 28.3. The molecule has 2 N–H and O–H groups in total. The van der Waals surface area contributed by atoms with Crippen LogP contribution in [-0.4, -0.2) is 22.2 Å². The van der Waals surface area contributed by atoms with E-state index in [0.29, 0.717) is 6.42 Å². The van der Waals surface area contributed by atoms with Crippen molar-refractivity contribution in [2.75, 3.05) is 0 Å². The Kier molecular flexibility index (Phi) is 28.0. The van der Waals surface area contributed by atoms with Crippen molar-refractivity contribution in [2.45, 2.75) is 129 Å². The molecule has 4 nitrogen and oxygen atoms in total. The second-order valence-corrected chi connectivity index (χ2v) is 8.01. The quantitative estimate of drug-likeness (QED) is 0.117. The topological polar surface area (TPSA) is 74.6 Å². The smallest absolute Gasteiger partial charge is 0.328 e. The SMILES string of the molecule is CCCCCCCCCC=CC=CC(=O)O.CCCCCCCCCCCC(=O)O. The molecule has 0 aliphatic rings. The van der Waals surface area contributed by atoms with E-state index in [9.17, 15) is 9.59 Å². The molecule has 0 spiro atoms. The second-order valence-electron chi connectivity index (χ2n) is 8.01. The van der Waals surface area contributed by atoms with Gasteiger partial charge in [-0.25, -0.2) is 4.79 Å². The number of carboxylic acid groups (broad SMARTS) is 2. The molecule has 0 aromatic rings. The molecule has 0 fully saturated rings. The van der Waals surface area contributed by atoms with Gasteiger partial charge in [-0.1, -0.05) is 122 Å². The lowest BCUT2D eigenvalue weighted by atomic mass is 10.1. The molecule has 0 unspecified atom stereocenters. The first-order chi connectivity index (χ1) is 14.5. The maximum Gasteiger partial charge on any atom is 0.328 e. The Morgan fingerprint density at radius 2 is 1.03 bits per heavy atom. The summed E-state index contributed by atoms with van der Waals surface area (Å²) in [5.41, 5.74) is 0. The van der Waals surface area contributed by atoms with Crippen LogP contribution in [0.1, 0.15) is 129 Å². The van der Waals surface area contributed by atoms with Crippen LogP contribution in [0.3, 0.4) is 0 Å². The minimum absolute atomic E-state index is 0.343. The number of unbranched alkanes of at least 4 members (excludes halogenated alkanes) is 15. The molecule has 0 radical (unpaired) electrons. The van der Waals surface area contributed by atoms with E-state index < -0.39 is 11.9 Å². The molecule has 0 saturated heterocycles. The van der Waals surface area contributed by atoms with E-state index in [0.717, 1.165) is 25.3 Å². The highest BCUT2D eigenvalue weighted by molar-refractivity contribution is 5.80. The fourth-order valence-electron chi connectivity index (χ4n) is 3.12. The van der Waals surface area contributed by atoms with Crippen molar-refractivity contribution in [3.63, 3.8) is 0 Å². The molecule has 0 amide bonds. The van der Waals surface area contributed by atoms with Crippen LogP contribution in [0.25, 0.3) is 0 Å². The van der Waals surface area contributed by atoms with Crippen LogP contribution in [0.4, 0.5) is 0 Å². The molecular formula is C26H48O4. The Morgan fingerprint density at radius 1 is 0.600 bits per heavy atom. The lowest BCUT2D eigenvalue weighted by Crippen LogP contribution is -1.93. The normalized spacial score (nSPS) is 11.0. The average Bonchev–Trinajstić information content (AvgIpc) is 2.71. The Labute approximate surface area is 185 Å². The van der Waals surface area contributed by atoms with Crippen LogP contribution in [0.2, 0.25) is 0 Å². The fourth-order valence-corrected chi connectivity index (χ4v) is 3.12. The second kappa shape index (κ2) is 27.4. The van der Waals surface area contributed by atoms with E-state index in [2.05, 4.69) is 13.8 Å². The third kappa shape index (κ3) is 34.0. The van der Waals surface area contributed by atoms with Crippen LogP contribution < -0.4 is 0 Å². The Balaban J connectivity index is 0. The predicted octanol–water partition coefficient (Wildman–Crippen LogP) is 8.32. The number of rotatable bonds is 20. The third-order valence-corrected chi connectivity index (χ3v) is 4.95. The van der Waals surface area contributed by atoms with E-state index >= 15 is 0 Å². The largest absolute Gasteiger partial charge is 0.481 e. The number of hydrogen-bond donors (Lipinski definition) is 2. The summed E-state index contributed by atoms with van der Waals surface area (Å²) in [6.45, 7) is 4.46. The molecule has 0 aromatic carbocycles. The van der Waals surface area contributed by atoms with Crippen molar-refractivity contribution in [3.8, 4) is 0 Å². The van der Waals surface area contributed by atoms with Gasteiger partial charge < -0.3 is 10.2 Å². The highest BCUT2D eigenvalue weighted by atomic mass is 16.4. The van der Waals surface area contributed by atoms with Gasteiger partial charge in [0.15, 0.2) is 0 Å². The summed E-state index contributed by atoms with van der Waals surface area (Å²) in [5, 5.41) is 16.7. The maximum atomic E-state index is 10.2. The summed E-state index contributed by atoms with van der Waals surface area (Å²) < 4.78 is 0. The molecule has 0 bridgehead atoms. The zero-order valence-electron chi connectivity index (χ0n) is 19.7. The van der Waals surface area contributed by atoms with E-state index in [4.69, 9.17) is 10.2 Å². The number of carbonyl (C=O) groups is 2. The van der Waals surface area contributed by atoms with Crippen LogP contribution in [0.15, 0.2) is 24.3 Å². The zero-order chi connectivity index (χ0) is 22.7. The summed E-state index contributed by atoms with van der Waals surface area (Å²) in [6, 6.07) is 0. The van der Waals surface area contributed by atoms with Crippen molar-refractivity contribution in [3.05, 3.63) is 24.3 Å². The van der Waals surface area contributed by atoms with Gasteiger partial charge in [0, 0.05) is 12.5 Å². The molecule has 0 atom stereocenters. The molecule has 4 heteroatoms. The lowest BCUT2D eigenvalue weighted by molar-refractivity contribution is -0.137. The summed E-state index contributed by atoms with van der Waals surface area (Å²) >= 11 is 0. The molecular weight excluding hydrogens is 376 g/mol. The van der Waals surface area contributed by atoms with Gasteiger partial charge in [-0.3, -0.25) is 4.79 Å². The van der Waals surface area contributed by atoms with Gasteiger partial charge in [0.1, 0.15) is 0 Å². The number of aliphatic carboxylic acids is 2. The lowest BCUT2D eigenvalue weighted by Gasteiger charge is -2.00. The van der Waals surface area contributed by atoms with E-state index in [1.807, 2.05) is 12.2 Å². The van der Waals surface area contributed by atoms with Gasteiger partial charge >= 0.3 is 11.9 Å². The van der Waals surface area contributed by atoms with E-state index in [1.54, 1.807) is 6.08 Å². The van der Waals surface area contributed by atoms with Crippen LogP contribution in [-0.2, 0) is 9.59 Å². The van der Waals surface area contributed by atoms with E-state index in [1.165, 1.54) is 89.9 Å². The highest BCUT2D eigenvalue weighted by Crippen LogP contribution is 2.10. The van der Waals surface area contributed by atoms with Crippen molar-refractivity contribution < 1.29 is 19.8 Å². The Bertz CT molecular complexity index is 427. The first-order valence-corrected chi connectivity index (χ1v) is 12.3. The predicted molar refractivity (Wildman–Crippen MR) is 128 cm³/mol. The minimum Gasteiger partial charge on any atom is -0.481 e. The van der Waals surface area contributed by atoms with Crippen molar-refractivity contribution >= 4 is 11.9 Å². The standard InChI is InChI=1S/C14H24O2.C12H24O2/c1-2-3-4-5-6-7-8-9-10-11-12-13-14(15)16;1-2-3-4-5-6-7-8-9-10-11-12(13)14/h10-13H,2-9H2,1H3,(H,15,16);2-11H2,1H3,(H,13,14). The summed E-state index contributed by atoms with van der Waals surface area (Å²) in [7, 11) is 0. The maximum absolute atomic E-state index is 10.2. The van der Waals surface area contributed by atoms with Gasteiger partial charge in [0.2, 0.25) is 0 Å². The zero-order valence-corrected chi connectivity index (χ0v) is 19.7. The van der Waals surface area contributed by atoms with Crippen LogP contribution in [0, 0.1) is 0 Å². The number of hydrogen-bond acceptors (Lipinski definition) is 2. The van der Waals surface area contributed by atoms with Crippen molar-refractivity contribution in [2.24, 2.45) is 0 Å². The molecule has 0 aliphatic carbocycles. The average molecular weight is 425 g/mol. The molecule has 0 saturated carbocycles. The first-order valence-electron chi connectivity index (χ1n) is 12.3. The molecule has 0 aromatic heterocycles. The number of carboxylic acids is 2. The van der Waals surface area contributed by atoms with Gasteiger partial charge in [-0.2, -0.15) is 0 Å². The molecule has 0 aliphatic heterocycles. The third-order valence-electron chi connectivity index (χ3n) is 4.95. The Morgan fingerprint density at radius 3 is 1.47 bits per heavy atom. The molecule has 0 rings (SSSR count). The van der Waals surface area contributed by atoms with Gasteiger partial charge in [0.05, 0.1) is 0 Å². The number of allylic oxidation sites excluding steroid dienone is 3. The van der Waals surface area contributed by atoms with Crippen LogP contribution in [0.5, 0.6) is 0 Å². The van der Waals surface area contributed by atoms with Gasteiger partial charge in [0.25, 0.3) is 0 Å². The van der Waals surface area contributed by atoms with Crippen LogP contribution >= 0.6 is 0 Å². The first kappa shape index (κ1) is 30.6. The van der Waals surface area contributed by atoms with Crippen molar-refractivity contribution in [1.29, 1.82) is 0 Å². The fraction of sp³-hybridized carbons (Fsp3) is 0.769. The summed E-state index contributed by atoms with van der Waals surface area (Å²) in [5.74, 6) is -1.55. The van der Waals surface area contributed by atoms with E-state index in [-0.39, 0.29) is 0 Å². The minimum atomic E-state index is -0.888. The Hall–Kier alpha value is -1.58. The highest BCUT2D eigenvalue weighted by Gasteiger charge is 1.96. The molecule has 30 heavy (non-hydrogen) atoms. The monoisotopic (exact) mass is 424 g/mol. The summed E-state index contributed by atoms with van der Waals surface area (Å²) in [4.78, 5) is 20.3. The molecule has 176 valence electrons. The van der Waals surface area contributed by atoms with Gasteiger partial charge in [-0.15, -0.1) is 0 Å². The van der Waals surface area contributed by atoms with Gasteiger partial charge in [-0.05, 0) is 19.3 Å². The van der Waals surface area contributed by atoms with Crippen molar-refractivity contribution in [1.82, 2.24) is 0 Å². The molecule has 0 heterocycles.